The van der Waals surface area contributed by atoms with Crippen LogP contribution in [0.2, 0.25) is 0 Å². The molecular formula is C19H28N2O6. The van der Waals surface area contributed by atoms with Crippen molar-refractivity contribution in [2.75, 3.05) is 40.5 Å². The zero-order chi connectivity index (χ0) is 19.8. The maximum absolute atomic E-state index is 12.5. The minimum atomic E-state index is -0.789. The van der Waals surface area contributed by atoms with Crippen LogP contribution in [0.3, 0.4) is 0 Å². The Bertz CT molecular complexity index is 643. The number of rotatable bonds is 8. The van der Waals surface area contributed by atoms with E-state index >= 15 is 0 Å². The molecule has 0 saturated carbocycles. The summed E-state index contributed by atoms with van der Waals surface area (Å²) in [5.74, 6) is 0.0595. The number of urea groups is 1. The van der Waals surface area contributed by atoms with Gasteiger partial charge in [-0.15, -0.1) is 0 Å². The van der Waals surface area contributed by atoms with Gasteiger partial charge in [0.2, 0.25) is 0 Å². The lowest BCUT2D eigenvalue weighted by Gasteiger charge is -2.31. The number of hydrogen-bond acceptors (Lipinski definition) is 5. The number of nitrogens with zero attached hydrogens (tertiary/aromatic N) is 1. The summed E-state index contributed by atoms with van der Waals surface area (Å²) < 4.78 is 16.0. The number of aliphatic carboxylic acids is 1. The molecule has 0 radical (unpaired) electrons. The molecule has 0 spiro atoms. The summed E-state index contributed by atoms with van der Waals surface area (Å²) in [5, 5.41) is 12.0. The molecule has 1 aliphatic heterocycles. The molecule has 1 unspecified atom stereocenters. The first-order valence-electron chi connectivity index (χ1n) is 9.04. The van der Waals surface area contributed by atoms with E-state index in [1.54, 1.807) is 19.1 Å². The smallest absolute Gasteiger partial charge is 0.317 e. The summed E-state index contributed by atoms with van der Waals surface area (Å²) in [4.78, 5) is 25.1. The Balaban J connectivity index is 1.93. The summed E-state index contributed by atoms with van der Waals surface area (Å²) >= 11 is 0. The summed E-state index contributed by atoms with van der Waals surface area (Å²) in [7, 11) is 3.18. The van der Waals surface area contributed by atoms with Crippen LogP contribution >= 0.6 is 0 Å². The molecule has 27 heavy (non-hydrogen) atoms. The molecule has 2 N–H and O–H groups in total. The summed E-state index contributed by atoms with van der Waals surface area (Å²) in [6.07, 6.45) is 0.969. The van der Waals surface area contributed by atoms with E-state index in [4.69, 9.17) is 19.3 Å². The molecule has 8 nitrogen and oxygen atoms in total. The third-order valence-electron chi connectivity index (χ3n) is 4.70. The van der Waals surface area contributed by atoms with Crippen LogP contribution in [0.15, 0.2) is 18.2 Å². The molecule has 1 aromatic rings. The molecule has 1 aromatic carbocycles. The van der Waals surface area contributed by atoms with Gasteiger partial charge in [-0.2, -0.15) is 0 Å². The highest BCUT2D eigenvalue weighted by molar-refractivity contribution is 5.76. The van der Waals surface area contributed by atoms with Crippen LogP contribution in [0.1, 0.15) is 31.4 Å². The lowest BCUT2D eigenvalue weighted by Crippen LogP contribution is -2.46. The zero-order valence-corrected chi connectivity index (χ0v) is 16.1. The number of amides is 2. The second kappa shape index (κ2) is 10.0. The number of nitrogens with one attached hydrogen (secondary N) is 1. The predicted octanol–water partition coefficient (Wildman–Crippen LogP) is 2.29. The molecule has 0 aliphatic carbocycles. The first kappa shape index (κ1) is 20.8. The van der Waals surface area contributed by atoms with Gasteiger partial charge in [-0.25, -0.2) is 4.79 Å². The Labute approximate surface area is 159 Å². The van der Waals surface area contributed by atoms with Crippen LogP contribution in [0.4, 0.5) is 4.79 Å². The van der Waals surface area contributed by atoms with Crippen LogP contribution in [0.25, 0.3) is 0 Å². The molecular weight excluding hydrogens is 352 g/mol. The summed E-state index contributed by atoms with van der Waals surface area (Å²) in [6, 6.07) is 5.11. The van der Waals surface area contributed by atoms with Crippen molar-refractivity contribution in [3.05, 3.63) is 23.8 Å². The number of hydrogen-bond donors (Lipinski definition) is 2. The van der Waals surface area contributed by atoms with E-state index in [9.17, 15) is 9.59 Å². The predicted molar refractivity (Wildman–Crippen MR) is 99.2 cm³/mol. The van der Waals surface area contributed by atoms with Crippen LogP contribution in [0, 0.1) is 5.92 Å². The van der Waals surface area contributed by atoms with Crippen LogP contribution in [0.5, 0.6) is 11.5 Å². The second-order valence-corrected chi connectivity index (χ2v) is 6.52. The summed E-state index contributed by atoms with van der Waals surface area (Å²) in [5.41, 5.74) is 0.889. The molecule has 2 rings (SSSR count). The SMILES string of the molecule is COCCOc1ccc(C(C)NC(=O)N2CCC(C(=O)O)CC2)cc1OC. The number of piperidine rings is 1. The number of likely N-dealkylation sites (tertiary alicyclic amines) is 1. The van der Waals surface area contributed by atoms with Crippen molar-refractivity contribution < 1.29 is 28.9 Å². The first-order valence-corrected chi connectivity index (χ1v) is 9.04. The Hall–Kier alpha value is -2.48. The second-order valence-electron chi connectivity index (χ2n) is 6.52. The standard InChI is InChI=1S/C19H28N2O6/c1-13(20-19(24)21-8-6-14(7-9-21)18(22)23)15-4-5-16(17(12-15)26-3)27-11-10-25-2/h4-5,12-14H,6-11H2,1-3H3,(H,20,24)(H,22,23). The fourth-order valence-corrected chi connectivity index (χ4v) is 3.00. The molecule has 1 heterocycles. The van der Waals surface area contributed by atoms with Gasteiger partial charge < -0.3 is 29.5 Å². The molecule has 8 heteroatoms. The molecule has 0 bridgehead atoms. The quantitative estimate of drug-likeness (QED) is 0.672. The highest BCUT2D eigenvalue weighted by atomic mass is 16.5. The maximum Gasteiger partial charge on any atom is 0.317 e. The minimum Gasteiger partial charge on any atom is -0.493 e. The lowest BCUT2D eigenvalue weighted by molar-refractivity contribution is -0.143. The van der Waals surface area contributed by atoms with Gasteiger partial charge in [0.1, 0.15) is 6.61 Å². The van der Waals surface area contributed by atoms with Crippen molar-refractivity contribution in [1.29, 1.82) is 0 Å². The fraction of sp³-hybridized carbons (Fsp3) is 0.579. The third-order valence-corrected chi connectivity index (χ3v) is 4.70. The number of carboxylic acid groups (broad SMARTS) is 1. The molecule has 1 aliphatic rings. The van der Waals surface area contributed by atoms with Crippen molar-refractivity contribution in [2.45, 2.75) is 25.8 Å². The first-order chi connectivity index (χ1) is 13.0. The van der Waals surface area contributed by atoms with Crippen LogP contribution < -0.4 is 14.8 Å². The van der Waals surface area contributed by atoms with Gasteiger partial charge >= 0.3 is 12.0 Å². The fourth-order valence-electron chi connectivity index (χ4n) is 3.00. The largest absolute Gasteiger partial charge is 0.493 e. The molecule has 150 valence electrons. The maximum atomic E-state index is 12.5. The molecule has 2 amide bonds. The zero-order valence-electron chi connectivity index (χ0n) is 16.1. The van der Waals surface area contributed by atoms with E-state index in [2.05, 4.69) is 5.32 Å². The molecule has 1 fully saturated rings. The van der Waals surface area contributed by atoms with Gasteiger partial charge in [0.15, 0.2) is 11.5 Å². The normalized spacial score (nSPS) is 15.9. The van der Waals surface area contributed by atoms with Crippen molar-refractivity contribution in [3.63, 3.8) is 0 Å². The van der Waals surface area contributed by atoms with E-state index in [1.165, 1.54) is 0 Å². The van der Waals surface area contributed by atoms with Gasteiger partial charge in [-0.3, -0.25) is 4.79 Å². The molecule has 1 saturated heterocycles. The monoisotopic (exact) mass is 380 g/mol. The van der Waals surface area contributed by atoms with Gasteiger partial charge in [0.05, 0.1) is 25.7 Å². The van der Waals surface area contributed by atoms with Crippen molar-refractivity contribution in [2.24, 2.45) is 5.92 Å². The van der Waals surface area contributed by atoms with E-state index in [1.807, 2.05) is 25.1 Å². The van der Waals surface area contributed by atoms with Crippen molar-refractivity contribution in [1.82, 2.24) is 10.2 Å². The van der Waals surface area contributed by atoms with Gasteiger partial charge in [-0.05, 0) is 37.5 Å². The van der Waals surface area contributed by atoms with E-state index in [0.29, 0.717) is 50.6 Å². The van der Waals surface area contributed by atoms with E-state index in [0.717, 1.165) is 5.56 Å². The molecule has 1 atom stereocenters. The average Bonchev–Trinajstić information content (AvgIpc) is 2.68. The van der Waals surface area contributed by atoms with E-state index < -0.39 is 5.97 Å². The summed E-state index contributed by atoms with van der Waals surface area (Å²) in [6.45, 7) is 3.69. The Morgan fingerprint density at radius 1 is 1.22 bits per heavy atom. The Morgan fingerprint density at radius 2 is 1.93 bits per heavy atom. The topological polar surface area (TPSA) is 97.3 Å². The Morgan fingerprint density at radius 3 is 2.52 bits per heavy atom. The number of carboxylic acids is 1. The number of carbonyl (C=O) groups is 2. The lowest BCUT2D eigenvalue weighted by atomic mass is 9.97. The third kappa shape index (κ3) is 5.75. The van der Waals surface area contributed by atoms with Crippen LogP contribution in [-0.2, 0) is 9.53 Å². The highest BCUT2D eigenvalue weighted by Gasteiger charge is 2.27. The van der Waals surface area contributed by atoms with E-state index in [-0.39, 0.29) is 18.0 Å². The van der Waals surface area contributed by atoms with Crippen LogP contribution in [-0.4, -0.2) is 62.5 Å². The minimum absolute atomic E-state index is 0.189. The number of benzene rings is 1. The highest BCUT2D eigenvalue weighted by Crippen LogP contribution is 2.30. The Kier molecular flexibility index (Phi) is 7.72. The number of carbonyl (C=O) groups excluding carboxylic acids is 1. The van der Waals surface area contributed by atoms with Gasteiger partial charge in [-0.1, -0.05) is 6.07 Å². The van der Waals surface area contributed by atoms with Gasteiger partial charge in [0, 0.05) is 20.2 Å². The number of ether oxygens (including phenoxy) is 3. The number of methoxy groups -OCH3 is 2. The van der Waals surface area contributed by atoms with Gasteiger partial charge in [0.25, 0.3) is 0 Å². The van der Waals surface area contributed by atoms with Crippen molar-refractivity contribution >= 4 is 12.0 Å². The average molecular weight is 380 g/mol. The molecule has 0 aromatic heterocycles. The van der Waals surface area contributed by atoms with Crippen molar-refractivity contribution in [3.8, 4) is 11.5 Å².